The second-order valence-corrected chi connectivity index (χ2v) is 9.16. The van der Waals surface area contributed by atoms with E-state index in [1.807, 2.05) is 13.8 Å². The summed E-state index contributed by atoms with van der Waals surface area (Å²) in [4.78, 5) is 16.5. The summed E-state index contributed by atoms with van der Waals surface area (Å²) in [5, 5.41) is 0. The van der Waals surface area contributed by atoms with Gasteiger partial charge in [0, 0.05) is 17.5 Å². The number of carbonyl (C=O) groups excluding carboxylic acids is 1. The predicted octanol–water partition coefficient (Wildman–Crippen LogP) is 5.22. The molecule has 0 bridgehead atoms. The summed E-state index contributed by atoms with van der Waals surface area (Å²) in [5.41, 5.74) is 7.03. The first kappa shape index (κ1) is 22.1. The maximum absolute atomic E-state index is 14.2. The molecule has 3 rings (SSSR count). The Morgan fingerprint density at radius 3 is 2.57 bits per heavy atom. The van der Waals surface area contributed by atoms with Gasteiger partial charge in [-0.05, 0) is 48.4 Å². The molecule has 1 amide bonds. The smallest absolute Gasteiger partial charge is 0.254 e. The highest BCUT2D eigenvalue weighted by atomic mass is 19.1. The summed E-state index contributed by atoms with van der Waals surface area (Å²) >= 11 is 0. The molecule has 0 saturated heterocycles. The number of primary amides is 1. The minimum atomic E-state index is -0.603. The average molecular weight is 415 g/mol. The number of nitrogens with zero attached hydrogens (tertiary/aromatic N) is 1. The minimum absolute atomic E-state index is 0.0571. The number of hydrogen-bond donors (Lipinski definition) is 1. The van der Waals surface area contributed by atoms with Crippen LogP contribution in [0.5, 0.6) is 11.6 Å². The highest BCUT2D eigenvalue weighted by Crippen LogP contribution is 2.55. The topological polar surface area (TPSA) is 74.4 Å². The molecule has 6 heteroatoms. The van der Waals surface area contributed by atoms with E-state index in [1.165, 1.54) is 12.1 Å². The first-order valence-electron chi connectivity index (χ1n) is 10.5. The molecule has 0 spiro atoms. The van der Waals surface area contributed by atoms with E-state index in [0.29, 0.717) is 35.4 Å². The largest absolute Gasteiger partial charge is 0.493 e. The van der Waals surface area contributed by atoms with Gasteiger partial charge in [-0.1, -0.05) is 34.6 Å². The van der Waals surface area contributed by atoms with Crippen molar-refractivity contribution >= 4 is 5.91 Å². The molecule has 1 aliphatic carbocycles. The van der Waals surface area contributed by atoms with Crippen molar-refractivity contribution in [2.24, 2.45) is 23.0 Å². The van der Waals surface area contributed by atoms with Crippen molar-refractivity contribution in [3.8, 4) is 22.9 Å². The van der Waals surface area contributed by atoms with E-state index in [9.17, 15) is 9.18 Å². The highest BCUT2D eigenvalue weighted by Gasteiger charge is 2.51. The number of hydrogen-bond acceptors (Lipinski definition) is 4. The Morgan fingerprint density at radius 1 is 1.30 bits per heavy atom. The van der Waals surface area contributed by atoms with Gasteiger partial charge in [-0.25, -0.2) is 9.37 Å². The molecule has 30 heavy (non-hydrogen) atoms. The number of rotatable bonds is 9. The number of halogens is 1. The van der Waals surface area contributed by atoms with Crippen LogP contribution >= 0.6 is 0 Å². The van der Waals surface area contributed by atoms with Crippen molar-refractivity contribution in [3.63, 3.8) is 0 Å². The van der Waals surface area contributed by atoms with Crippen LogP contribution in [-0.2, 0) is 0 Å². The molecule has 1 heterocycles. The van der Waals surface area contributed by atoms with Crippen LogP contribution < -0.4 is 15.2 Å². The van der Waals surface area contributed by atoms with E-state index < -0.39 is 11.7 Å². The van der Waals surface area contributed by atoms with E-state index in [4.69, 9.17) is 15.2 Å². The SMILES string of the molecule is CCC(Oc1nc(-c2cc(F)cc(OCC(C)C)c2)ccc1C(N)=O)C1CC1(C)C. The van der Waals surface area contributed by atoms with Gasteiger partial charge in [0.15, 0.2) is 0 Å². The van der Waals surface area contributed by atoms with Gasteiger partial charge in [-0.2, -0.15) is 0 Å². The Bertz CT molecular complexity index is 927. The maximum Gasteiger partial charge on any atom is 0.254 e. The first-order chi connectivity index (χ1) is 14.1. The van der Waals surface area contributed by atoms with E-state index in [2.05, 4.69) is 25.8 Å². The average Bonchev–Trinajstić information content (AvgIpc) is 3.31. The lowest BCUT2D eigenvalue weighted by atomic mass is 10.0. The summed E-state index contributed by atoms with van der Waals surface area (Å²) in [6.45, 7) is 11.0. The van der Waals surface area contributed by atoms with Gasteiger partial charge in [-0.15, -0.1) is 0 Å². The van der Waals surface area contributed by atoms with Crippen LogP contribution in [-0.4, -0.2) is 23.6 Å². The second-order valence-electron chi connectivity index (χ2n) is 9.16. The van der Waals surface area contributed by atoms with Crippen molar-refractivity contribution < 1.29 is 18.7 Å². The van der Waals surface area contributed by atoms with E-state index in [-0.39, 0.29) is 23.0 Å². The van der Waals surface area contributed by atoms with Crippen molar-refractivity contribution in [2.45, 2.75) is 53.6 Å². The lowest BCUT2D eigenvalue weighted by Gasteiger charge is -2.20. The van der Waals surface area contributed by atoms with Crippen molar-refractivity contribution in [1.82, 2.24) is 4.98 Å². The molecule has 5 nitrogen and oxygen atoms in total. The van der Waals surface area contributed by atoms with Crippen LogP contribution in [0.2, 0.25) is 0 Å². The van der Waals surface area contributed by atoms with Crippen molar-refractivity contribution in [3.05, 3.63) is 41.7 Å². The normalized spacial score (nSPS) is 18.2. The number of pyridine rings is 1. The standard InChI is InChI=1S/C24H31FN2O3/c1-6-21(19-12-24(19,4)5)30-23-18(22(26)28)7-8-20(27-23)15-9-16(25)11-17(10-15)29-13-14(2)3/h7-11,14,19,21H,6,12-13H2,1-5H3,(H2,26,28). The van der Waals surface area contributed by atoms with E-state index in [0.717, 1.165) is 12.8 Å². The van der Waals surface area contributed by atoms with Gasteiger partial charge in [0.25, 0.3) is 5.91 Å². The molecule has 2 unspecified atom stereocenters. The molecule has 1 saturated carbocycles. The second kappa shape index (κ2) is 8.62. The number of amides is 1. The Kier molecular flexibility index (Phi) is 6.34. The van der Waals surface area contributed by atoms with Crippen LogP contribution in [0.25, 0.3) is 11.3 Å². The Labute approximate surface area is 177 Å². The van der Waals surface area contributed by atoms with Gasteiger partial charge in [-0.3, -0.25) is 4.79 Å². The van der Waals surface area contributed by atoms with Gasteiger partial charge in [0.2, 0.25) is 5.88 Å². The van der Waals surface area contributed by atoms with E-state index >= 15 is 0 Å². The summed E-state index contributed by atoms with van der Waals surface area (Å²) < 4.78 is 26.1. The molecular formula is C24H31FN2O3. The third-order valence-corrected chi connectivity index (χ3v) is 5.58. The molecule has 0 aliphatic heterocycles. The van der Waals surface area contributed by atoms with Crippen molar-refractivity contribution in [1.29, 1.82) is 0 Å². The minimum Gasteiger partial charge on any atom is -0.493 e. The Morgan fingerprint density at radius 2 is 2.00 bits per heavy atom. The number of benzene rings is 1. The van der Waals surface area contributed by atoms with Crippen LogP contribution in [0.4, 0.5) is 4.39 Å². The highest BCUT2D eigenvalue weighted by molar-refractivity contribution is 5.95. The van der Waals surface area contributed by atoms with E-state index in [1.54, 1.807) is 18.2 Å². The summed E-state index contributed by atoms with van der Waals surface area (Å²) in [7, 11) is 0. The molecule has 162 valence electrons. The molecule has 1 aromatic heterocycles. The van der Waals surface area contributed by atoms with Crippen LogP contribution in [0.3, 0.4) is 0 Å². The zero-order valence-corrected chi connectivity index (χ0v) is 18.4. The molecular weight excluding hydrogens is 383 g/mol. The lowest BCUT2D eigenvalue weighted by molar-refractivity contribution is 0.0985. The molecule has 1 aromatic carbocycles. The quantitative estimate of drug-likeness (QED) is 0.610. The van der Waals surface area contributed by atoms with Crippen molar-refractivity contribution in [2.75, 3.05) is 6.61 Å². The molecule has 2 atom stereocenters. The fourth-order valence-electron chi connectivity index (χ4n) is 3.67. The summed E-state index contributed by atoms with van der Waals surface area (Å²) in [6.07, 6.45) is 1.81. The number of nitrogens with two attached hydrogens (primary N) is 1. The fourth-order valence-corrected chi connectivity index (χ4v) is 3.67. The van der Waals surface area contributed by atoms with Gasteiger partial charge < -0.3 is 15.2 Å². The monoisotopic (exact) mass is 414 g/mol. The predicted molar refractivity (Wildman–Crippen MR) is 115 cm³/mol. The van der Waals surface area contributed by atoms with Gasteiger partial charge in [0.05, 0.1) is 12.3 Å². The molecule has 2 N–H and O–H groups in total. The Balaban J connectivity index is 1.93. The zero-order chi connectivity index (χ0) is 22.1. The summed E-state index contributed by atoms with van der Waals surface area (Å²) in [5.74, 6) is 0.340. The van der Waals surface area contributed by atoms with Crippen LogP contribution in [0, 0.1) is 23.1 Å². The number of ether oxygens (including phenoxy) is 2. The fraction of sp³-hybridized carbons (Fsp3) is 0.500. The molecule has 1 fully saturated rings. The van der Waals surface area contributed by atoms with Gasteiger partial charge in [0.1, 0.15) is 23.2 Å². The molecule has 2 aromatic rings. The molecule has 1 aliphatic rings. The lowest BCUT2D eigenvalue weighted by Crippen LogP contribution is -2.23. The van der Waals surface area contributed by atoms with Gasteiger partial charge >= 0.3 is 0 Å². The molecule has 0 radical (unpaired) electrons. The number of aromatic nitrogens is 1. The zero-order valence-electron chi connectivity index (χ0n) is 18.4. The maximum atomic E-state index is 14.2. The third kappa shape index (κ3) is 5.10. The van der Waals surface area contributed by atoms with Crippen LogP contribution in [0.1, 0.15) is 57.8 Å². The number of carbonyl (C=O) groups is 1. The van der Waals surface area contributed by atoms with Crippen LogP contribution in [0.15, 0.2) is 30.3 Å². The Hall–Kier alpha value is -2.63. The summed E-state index contributed by atoms with van der Waals surface area (Å²) in [6, 6.07) is 7.71. The third-order valence-electron chi connectivity index (χ3n) is 5.58. The first-order valence-corrected chi connectivity index (χ1v) is 10.5.